The van der Waals surface area contributed by atoms with Gasteiger partial charge in [0, 0.05) is 6.54 Å². The van der Waals surface area contributed by atoms with Gasteiger partial charge in [0.2, 0.25) is 0 Å². The molecule has 0 radical (unpaired) electrons. The fourth-order valence-electron chi connectivity index (χ4n) is 0.900. The van der Waals surface area contributed by atoms with E-state index in [1.165, 1.54) is 0 Å². The van der Waals surface area contributed by atoms with Crippen molar-refractivity contribution in [3.63, 3.8) is 0 Å². The molecule has 0 atom stereocenters. The number of nitrogens with one attached hydrogen (secondary N) is 1. The van der Waals surface area contributed by atoms with Crippen LogP contribution in [0.5, 0.6) is 0 Å². The van der Waals surface area contributed by atoms with Crippen molar-refractivity contribution in [1.82, 2.24) is 5.32 Å². The van der Waals surface area contributed by atoms with Crippen molar-refractivity contribution in [2.75, 3.05) is 6.54 Å². The first-order valence-electron chi connectivity index (χ1n) is 5.18. The van der Waals surface area contributed by atoms with Crippen LogP contribution in [0, 0.1) is 11.8 Å². The van der Waals surface area contributed by atoms with Gasteiger partial charge in [-0.05, 0) is 24.5 Å². The summed E-state index contributed by atoms with van der Waals surface area (Å²) in [5, 5.41) is 3.23. The first-order valence-corrected chi connectivity index (χ1v) is 5.18. The molecule has 0 aromatic carbocycles. The van der Waals surface area contributed by atoms with Gasteiger partial charge in [-0.25, -0.2) is 0 Å². The molecule has 0 bridgehead atoms. The van der Waals surface area contributed by atoms with E-state index in [0.29, 0.717) is 5.92 Å². The molecule has 0 saturated carbocycles. The average Bonchev–Trinajstić information content (AvgIpc) is 2.01. The molecule has 0 aliphatic rings. The number of rotatable bonds is 6. The summed E-state index contributed by atoms with van der Waals surface area (Å²) in [4.78, 5) is 0. The Morgan fingerprint density at radius 2 is 1.77 bits per heavy atom. The maximum Gasteiger partial charge on any atom is 0.0325 e. The molecule has 1 nitrogen and oxygen atoms in total. The maximum absolute atomic E-state index is 3.23. The molecule has 0 fully saturated rings. The van der Waals surface area contributed by atoms with Crippen LogP contribution in [-0.4, -0.2) is 6.54 Å². The summed E-state index contributed by atoms with van der Waals surface area (Å²) in [5.41, 5.74) is 0. The van der Waals surface area contributed by atoms with E-state index >= 15 is 0 Å². The molecule has 13 heavy (non-hydrogen) atoms. The van der Waals surface area contributed by atoms with Crippen molar-refractivity contribution in [3.05, 3.63) is 24.4 Å². The molecule has 0 heterocycles. The summed E-state index contributed by atoms with van der Waals surface area (Å²) >= 11 is 0. The molecule has 0 aliphatic carbocycles. The van der Waals surface area contributed by atoms with Gasteiger partial charge in [0.15, 0.2) is 0 Å². The normalized spacial score (nSPS) is 12.5. The molecular formula is C12H23N. The van der Waals surface area contributed by atoms with E-state index in [2.05, 4.69) is 51.2 Å². The largest absolute Gasteiger partial charge is 0.388 e. The highest BCUT2D eigenvalue weighted by atomic mass is 14.8. The lowest BCUT2D eigenvalue weighted by Crippen LogP contribution is -2.04. The van der Waals surface area contributed by atoms with E-state index in [0.717, 1.165) is 18.9 Å². The summed E-state index contributed by atoms with van der Waals surface area (Å²) in [5.74, 6) is 1.41. The summed E-state index contributed by atoms with van der Waals surface area (Å²) in [6.07, 6.45) is 9.77. The Morgan fingerprint density at radius 3 is 2.31 bits per heavy atom. The Morgan fingerprint density at radius 1 is 1.08 bits per heavy atom. The van der Waals surface area contributed by atoms with E-state index in [9.17, 15) is 0 Å². The summed E-state index contributed by atoms with van der Waals surface area (Å²) in [6, 6.07) is 0. The second-order valence-corrected chi connectivity index (χ2v) is 4.11. The average molecular weight is 181 g/mol. The molecule has 1 N–H and O–H groups in total. The number of hydrogen-bond donors (Lipinski definition) is 1. The molecule has 0 spiro atoms. The minimum atomic E-state index is 0.654. The second kappa shape index (κ2) is 7.90. The molecule has 0 aliphatic heterocycles. The summed E-state index contributed by atoms with van der Waals surface area (Å²) in [6.45, 7) is 9.76. The molecule has 0 aromatic heterocycles. The van der Waals surface area contributed by atoms with E-state index < -0.39 is 0 Å². The molecule has 0 saturated heterocycles. The van der Waals surface area contributed by atoms with Gasteiger partial charge >= 0.3 is 0 Å². The van der Waals surface area contributed by atoms with Gasteiger partial charge in [-0.15, -0.1) is 0 Å². The number of hydrogen-bond acceptors (Lipinski definition) is 1. The third-order valence-corrected chi connectivity index (χ3v) is 1.60. The van der Waals surface area contributed by atoms with E-state index in [1.807, 2.05) is 6.20 Å². The van der Waals surface area contributed by atoms with Crippen LogP contribution in [0.4, 0.5) is 0 Å². The van der Waals surface area contributed by atoms with Crippen LogP contribution in [0.3, 0.4) is 0 Å². The van der Waals surface area contributed by atoms with E-state index in [1.54, 1.807) is 0 Å². The molecule has 0 aromatic rings. The van der Waals surface area contributed by atoms with Gasteiger partial charge in [-0.2, -0.15) is 0 Å². The maximum atomic E-state index is 3.23. The van der Waals surface area contributed by atoms with Crippen LogP contribution in [0.1, 0.15) is 34.1 Å². The Labute approximate surface area is 82.9 Å². The van der Waals surface area contributed by atoms with Gasteiger partial charge in [-0.1, -0.05) is 45.9 Å². The quantitative estimate of drug-likeness (QED) is 0.489. The predicted molar refractivity (Wildman–Crippen MR) is 60.6 cm³/mol. The van der Waals surface area contributed by atoms with Crippen molar-refractivity contribution in [3.8, 4) is 0 Å². The van der Waals surface area contributed by atoms with Gasteiger partial charge < -0.3 is 5.32 Å². The highest BCUT2D eigenvalue weighted by Crippen LogP contribution is 1.98. The Hall–Kier alpha value is -0.720. The van der Waals surface area contributed by atoms with Crippen LogP contribution in [-0.2, 0) is 0 Å². The van der Waals surface area contributed by atoms with Crippen LogP contribution in [0.25, 0.3) is 0 Å². The first-order chi connectivity index (χ1) is 6.13. The fraction of sp³-hybridized carbons (Fsp3) is 0.667. The molecule has 1 heteroatoms. The van der Waals surface area contributed by atoms with E-state index in [4.69, 9.17) is 0 Å². The SMILES string of the molecule is CC(C)/C=C/CN/C=C/CC(C)C. The monoisotopic (exact) mass is 181 g/mol. The summed E-state index contributed by atoms with van der Waals surface area (Å²) < 4.78 is 0. The van der Waals surface area contributed by atoms with Crippen LogP contribution in [0.15, 0.2) is 24.4 Å². The Kier molecular flexibility index (Phi) is 7.47. The topological polar surface area (TPSA) is 12.0 Å². The second-order valence-electron chi connectivity index (χ2n) is 4.11. The Balaban J connectivity index is 3.30. The minimum Gasteiger partial charge on any atom is -0.388 e. The molecule has 0 unspecified atom stereocenters. The molecule has 76 valence electrons. The smallest absolute Gasteiger partial charge is 0.0325 e. The van der Waals surface area contributed by atoms with Gasteiger partial charge in [0.25, 0.3) is 0 Å². The lowest BCUT2D eigenvalue weighted by atomic mass is 10.1. The number of allylic oxidation sites excluding steroid dienone is 2. The molecular weight excluding hydrogens is 158 g/mol. The van der Waals surface area contributed by atoms with E-state index in [-0.39, 0.29) is 0 Å². The lowest BCUT2D eigenvalue weighted by Gasteiger charge is -1.98. The minimum absolute atomic E-state index is 0.654. The van der Waals surface area contributed by atoms with Crippen molar-refractivity contribution in [2.24, 2.45) is 11.8 Å². The van der Waals surface area contributed by atoms with Crippen molar-refractivity contribution >= 4 is 0 Å². The zero-order valence-corrected chi connectivity index (χ0v) is 9.38. The third kappa shape index (κ3) is 11.3. The standard InChI is InChI=1S/C12H23N/c1-11(2)7-5-9-13-10-6-8-12(3)4/h5-7,10-13H,8-9H2,1-4H3/b7-5+,10-6+. The molecule has 0 amide bonds. The van der Waals surface area contributed by atoms with Crippen molar-refractivity contribution < 1.29 is 0 Å². The van der Waals surface area contributed by atoms with Gasteiger partial charge in [0.1, 0.15) is 0 Å². The first kappa shape index (κ1) is 12.3. The van der Waals surface area contributed by atoms with Gasteiger partial charge in [0.05, 0.1) is 0 Å². The predicted octanol–water partition coefficient (Wildman–Crippen LogP) is 3.35. The lowest BCUT2D eigenvalue weighted by molar-refractivity contribution is 0.661. The molecule has 0 rings (SSSR count). The van der Waals surface area contributed by atoms with Crippen molar-refractivity contribution in [2.45, 2.75) is 34.1 Å². The zero-order valence-electron chi connectivity index (χ0n) is 9.38. The van der Waals surface area contributed by atoms with Crippen molar-refractivity contribution in [1.29, 1.82) is 0 Å². The fourth-order valence-corrected chi connectivity index (χ4v) is 0.900. The highest BCUT2D eigenvalue weighted by molar-refractivity contribution is 4.89. The van der Waals surface area contributed by atoms with Crippen LogP contribution >= 0.6 is 0 Å². The highest BCUT2D eigenvalue weighted by Gasteiger charge is 1.86. The Bertz CT molecular complexity index is 155. The summed E-state index contributed by atoms with van der Waals surface area (Å²) in [7, 11) is 0. The third-order valence-electron chi connectivity index (χ3n) is 1.60. The van der Waals surface area contributed by atoms with Crippen LogP contribution < -0.4 is 5.32 Å². The van der Waals surface area contributed by atoms with Gasteiger partial charge in [-0.3, -0.25) is 0 Å². The van der Waals surface area contributed by atoms with Crippen LogP contribution in [0.2, 0.25) is 0 Å². The zero-order chi connectivity index (χ0) is 10.1.